The molecule has 180 valence electrons. The van der Waals surface area contributed by atoms with Crippen molar-refractivity contribution < 1.29 is 23.7 Å². The van der Waals surface area contributed by atoms with Crippen LogP contribution in [0.5, 0.6) is 0 Å². The lowest BCUT2D eigenvalue weighted by Crippen LogP contribution is -2.13. The topological polar surface area (TPSA) is 54.0 Å². The summed E-state index contributed by atoms with van der Waals surface area (Å²) in [7, 11) is 1.65. The maximum absolute atomic E-state index is 11.7. The Balaban J connectivity index is 3.12. The van der Waals surface area contributed by atoms with E-state index in [2.05, 4.69) is 6.92 Å². The Kier molecular flexibility index (Phi) is 25.8. The Morgan fingerprint density at radius 1 is 0.533 bits per heavy atom. The van der Waals surface area contributed by atoms with Gasteiger partial charge in [0, 0.05) is 13.5 Å². The minimum absolute atomic E-state index is 0.107. The van der Waals surface area contributed by atoms with Crippen molar-refractivity contribution in [3.05, 3.63) is 0 Å². The predicted molar refractivity (Wildman–Crippen MR) is 124 cm³/mol. The molecule has 0 bridgehead atoms. The molecule has 5 heteroatoms. The molecule has 0 rings (SSSR count). The first-order valence-corrected chi connectivity index (χ1v) is 12.6. The fourth-order valence-corrected chi connectivity index (χ4v) is 3.39. The first kappa shape index (κ1) is 29.4. The fraction of sp³-hybridized carbons (Fsp3) is 0.960. The molecule has 0 aliphatic heterocycles. The molecule has 0 saturated carbocycles. The molecule has 0 radical (unpaired) electrons. The zero-order valence-electron chi connectivity index (χ0n) is 20.1. The number of carbonyl (C=O) groups excluding carboxylic acids is 1. The van der Waals surface area contributed by atoms with Crippen molar-refractivity contribution in [2.75, 3.05) is 46.8 Å². The van der Waals surface area contributed by atoms with Gasteiger partial charge >= 0.3 is 5.97 Å². The van der Waals surface area contributed by atoms with Crippen molar-refractivity contribution in [1.82, 2.24) is 0 Å². The summed E-state index contributed by atoms with van der Waals surface area (Å²) in [4.78, 5) is 11.7. The van der Waals surface area contributed by atoms with E-state index in [0.29, 0.717) is 46.1 Å². The van der Waals surface area contributed by atoms with Gasteiger partial charge in [-0.3, -0.25) is 4.79 Å². The lowest BCUT2D eigenvalue weighted by Gasteiger charge is -2.07. The summed E-state index contributed by atoms with van der Waals surface area (Å²) in [6.07, 6.45) is 20.5. The zero-order chi connectivity index (χ0) is 22.0. The van der Waals surface area contributed by atoms with Crippen molar-refractivity contribution >= 4 is 5.97 Å². The zero-order valence-corrected chi connectivity index (χ0v) is 20.1. The quantitative estimate of drug-likeness (QED) is 0.123. The van der Waals surface area contributed by atoms with Gasteiger partial charge in [-0.25, -0.2) is 0 Å². The van der Waals surface area contributed by atoms with Gasteiger partial charge < -0.3 is 18.9 Å². The molecule has 0 N–H and O–H groups in total. The van der Waals surface area contributed by atoms with Gasteiger partial charge in [0.1, 0.15) is 6.61 Å². The third-order valence-electron chi connectivity index (χ3n) is 5.28. The number of rotatable bonds is 25. The van der Waals surface area contributed by atoms with Gasteiger partial charge in [0.25, 0.3) is 0 Å². The van der Waals surface area contributed by atoms with Crippen LogP contribution < -0.4 is 0 Å². The predicted octanol–water partition coefficient (Wildman–Crippen LogP) is 6.47. The highest BCUT2D eigenvalue weighted by Gasteiger charge is 2.02. The molecular weight excluding hydrogens is 380 g/mol. The summed E-state index contributed by atoms with van der Waals surface area (Å²) in [5.41, 5.74) is 0. The third kappa shape index (κ3) is 25.4. The monoisotopic (exact) mass is 430 g/mol. The molecular formula is C25H50O5. The lowest BCUT2D eigenvalue weighted by molar-refractivity contribution is -0.145. The van der Waals surface area contributed by atoms with Crippen LogP contribution in [0.2, 0.25) is 0 Å². The molecule has 0 aliphatic carbocycles. The molecule has 0 aromatic heterocycles. The number of ether oxygens (including phenoxy) is 4. The van der Waals surface area contributed by atoms with E-state index < -0.39 is 0 Å². The highest BCUT2D eigenvalue weighted by atomic mass is 16.6. The summed E-state index contributed by atoms with van der Waals surface area (Å²) in [6, 6.07) is 0. The number of methoxy groups -OCH3 is 1. The van der Waals surface area contributed by atoms with Gasteiger partial charge in [-0.05, 0) is 6.42 Å². The number of hydrogen-bond donors (Lipinski definition) is 0. The minimum Gasteiger partial charge on any atom is -0.463 e. The van der Waals surface area contributed by atoms with Crippen molar-refractivity contribution in [2.45, 2.75) is 110 Å². The van der Waals surface area contributed by atoms with E-state index in [1.165, 1.54) is 83.5 Å². The Bertz CT molecular complexity index is 336. The maximum atomic E-state index is 11.7. The van der Waals surface area contributed by atoms with Crippen LogP contribution in [0.25, 0.3) is 0 Å². The van der Waals surface area contributed by atoms with Gasteiger partial charge in [0.15, 0.2) is 0 Å². The molecule has 0 aromatic rings. The van der Waals surface area contributed by atoms with Crippen LogP contribution in [0.3, 0.4) is 0 Å². The van der Waals surface area contributed by atoms with Gasteiger partial charge in [-0.2, -0.15) is 0 Å². The largest absolute Gasteiger partial charge is 0.463 e. The van der Waals surface area contributed by atoms with Crippen molar-refractivity contribution in [3.8, 4) is 0 Å². The average molecular weight is 431 g/mol. The van der Waals surface area contributed by atoms with Crippen molar-refractivity contribution in [3.63, 3.8) is 0 Å². The van der Waals surface area contributed by atoms with Crippen molar-refractivity contribution in [2.24, 2.45) is 0 Å². The number of esters is 1. The summed E-state index contributed by atoms with van der Waals surface area (Å²) < 4.78 is 20.7. The SMILES string of the molecule is CCCCCCCCCCCCCCCCCC(=O)OCCOCCOCCOC. The summed E-state index contributed by atoms with van der Waals surface area (Å²) in [5.74, 6) is -0.107. The Hall–Kier alpha value is -0.650. The van der Waals surface area contributed by atoms with E-state index in [9.17, 15) is 4.79 Å². The molecule has 0 amide bonds. The second-order valence-electron chi connectivity index (χ2n) is 8.14. The Morgan fingerprint density at radius 2 is 0.933 bits per heavy atom. The van der Waals surface area contributed by atoms with Gasteiger partial charge in [0.05, 0.1) is 33.0 Å². The van der Waals surface area contributed by atoms with E-state index in [1.807, 2.05) is 0 Å². The molecule has 0 aromatic carbocycles. The van der Waals surface area contributed by atoms with Gasteiger partial charge in [-0.1, -0.05) is 96.8 Å². The van der Waals surface area contributed by atoms with Crippen LogP contribution in [0.4, 0.5) is 0 Å². The summed E-state index contributed by atoms with van der Waals surface area (Å²) in [6.45, 7) is 5.26. The molecule has 0 fully saturated rings. The normalized spacial score (nSPS) is 11.1. The van der Waals surface area contributed by atoms with Gasteiger partial charge in [-0.15, -0.1) is 0 Å². The number of carbonyl (C=O) groups is 1. The van der Waals surface area contributed by atoms with Crippen LogP contribution in [-0.2, 0) is 23.7 Å². The summed E-state index contributed by atoms with van der Waals surface area (Å²) >= 11 is 0. The highest BCUT2D eigenvalue weighted by molar-refractivity contribution is 5.69. The molecule has 0 atom stereocenters. The van der Waals surface area contributed by atoms with E-state index in [-0.39, 0.29) is 5.97 Å². The summed E-state index contributed by atoms with van der Waals surface area (Å²) in [5, 5.41) is 0. The Labute approximate surface area is 186 Å². The van der Waals surface area contributed by atoms with Gasteiger partial charge in [0.2, 0.25) is 0 Å². The molecule has 0 heterocycles. The Morgan fingerprint density at radius 3 is 1.40 bits per heavy atom. The molecule has 0 spiro atoms. The van der Waals surface area contributed by atoms with E-state index in [1.54, 1.807) is 7.11 Å². The second-order valence-corrected chi connectivity index (χ2v) is 8.14. The van der Waals surface area contributed by atoms with Crippen LogP contribution in [-0.4, -0.2) is 52.7 Å². The third-order valence-corrected chi connectivity index (χ3v) is 5.28. The van der Waals surface area contributed by atoms with E-state index in [0.717, 1.165) is 12.8 Å². The fourth-order valence-electron chi connectivity index (χ4n) is 3.39. The van der Waals surface area contributed by atoms with Crippen LogP contribution in [0.1, 0.15) is 110 Å². The molecule has 5 nitrogen and oxygen atoms in total. The molecule has 30 heavy (non-hydrogen) atoms. The van der Waals surface area contributed by atoms with Crippen LogP contribution >= 0.6 is 0 Å². The smallest absolute Gasteiger partial charge is 0.305 e. The first-order chi connectivity index (χ1) is 14.8. The number of unbranched alkanes of at least 4 members (excludes halogenated alkanes) is 14. The van der Waals surface area contributed by atoms with E-state index in [4.69, 9.17) is 18.9 Å². The van der Waals surface area contributed by atoms with Crippen LogP contribution in [0, 0.1) is 0 Å². The lowest BCUT2D eigenvalue weighted by atomic mass is 10.0. The first-order valence-electron chi connectivity index (χ1n) is 12.6. The second kappa shape index (κ2) is 26.4. The highest BCUT2D eigenvalue weighted by Crippen LogP contribution is 2.13. The maximum Gasteiger partial charge on any atom is 0.305 e. The minimum atomic E-state index is -0.107. The average Bonchev–Trinajstić information content (AvgIpc) is 2.75. The molecule has 0 unspecified atom stereocenters. The standard InChI is InChI=1S/C25H50O5/c1-3-4-5-6-7-8-9-10-11-12-13-14-15-16-17-18-25(26)30-24-23-29-22-21-28-20-19-27-2/h3-24H2,1-2H3. The molecule has 0 saturated heterocycles. The molecule has 0 aliphatic rings. The van der Waals surface area contributed by atoms with Crippen LogP contribution in [0.15, 0.2) is 0 Å². The van der Waals surface area contributed by atoms with E-state index >= 15 is 0 Å². The van der Waals surface area contributed by atoms with Crippen molar-refractivity contribution in [1.29, 1.82) is 0 Å². The number of hydrogen-bond acceptors (Lipinski definition) is 5.